The van der Waals surface area contributed by atoms with Crippen molar-refractivity contribution in [1.82, 2.24) is 5.32 Å². The van der Waals surface area contributed by atoms with E-state index < -0.39 is 0 Å². The number of thiol groups is 1. The monoisotopic (exact) mass is 253 g/mol. The summed E-state index contributed by atoms with van der Waals surface area (Å²) in [6, 6.07) is 4.19. The number of ether oxygens (including phenoxy) is 1. The average Bonchev–Trinajstić information content (AvgIpc) is 2.28. The Morgan fingerprint density at radius 3 is 2.41 bits per heavy atom. The number of carbonyl (C=O) groups excluding carboxylic acids is 1. The van der Waals surface area contributed by atoms with Gasteiger partial charge in [-0.2, -0.15) is 12.6 Å². The molecule has 17 heavy (non-hydrogen) atoms. The molecule has 4 heteroatoms. The number of nitrogens with one attached hydrogen (secondary N) is 1. The van der Waals surface area contributed by atoms with Crippen LogP contribution < -0.4 is 10.1 Å². The molecule has 0 saturated heterocycles. The summed E-state index contributed by atoms with van der Waals surface area (Å²) in [5.41, 5.74) is 3.46. The van der Waals surface area contributed by atoms with E-state index in [1.54, 1.807) is 7.11 Å². The second kappa shape index (κ2) is 6.55. The van der Waals surface area contributed by atoms with Gasteiger partial charge in [-0.3, -0.25) is 4.79 Å². The van der Waals surface area contributed by atoms with Gasteiger partial charge in [0, 0.05) is 6.54 Å². The van der Waals surface area contributed by atoms with E-state index in [1.165, 1.54) is 5.56 Å². The zero-order valence-corrected chi connectivity index (χ0v) is 11.4. The SMILES string of the molecule is COc1c(C)cc(CCNC(=O)CS)cc1C. The van der Waals surface area contributed by atoms with E-state index >= 15 is 0 Å². The number of benzene rings is 1. The molecule has 1 rings (SSSR count). The summed E-state index contributed by atoms with van der Waals surface area (Å²) >= 11 is 3.91. The Morgan fingerprint density at radius 2 is 1.94 bits per heavy atom. The van der Waals surface area contributed by atoms with Gasteiger partial charge in [0.1, 0.15) is 5.75 Å². The fourth-order valence-electron chi connectivity index (χ4n) is 1.91. The van der Waals surface area contributed by atoms with Gasteiger partial charge < -0.3 is 10.1 Å². The summed E-state index contributed by atoms with van der Waals surface area (Å²) in [7, 11) is 1.68. The standard InChI is InChI=1S/C13H19NO2S/c1-9-6-11(4-5-14-12(15)8-17)7-10(2)13(9)16-3/h6-7,17H,4-5,8H2,1-3H3,(H,14,15). The van der Waals surface area contributed by atoms with Crippen molar-refractivity contribution < 1.29 is 9.53 Å². The summed E-state index contributed by atoms with van der Waals surface area (Å²) < 4.78 is 5.31. The molecule has 0 unspecified atom stereocenters. The third-order valence-corrected chi connectivity index (χ3v) is 2.89. The van der Waals surface area contributed by atoms with Crippen LogP contribution in [0.15, 0.2) is 12.1 Å². The quantitative estimate of drug-likeness (QED) is 0.787. The lowest BCUT2D eigenvalue weighted by Crippen LogP contribution is -2.26. The molecule has 3 nitrogen and oxygen atoms in total. The van der Waals surface area contributed by atoms with Crippen LogP contribution in [-0.2, 0) is 11.2 Å². The van der Waals surface area contributed by atoms with E-state index in [9.17, 15) is 4.79 Å². The van der Waals surface area contributed by atoms with Crippen molar-refractivity contribution >= 4 is 18.5 Å². The van der Waals surface area contributed by atoms with Crippen molar-refractivity contribution in [2.24, 2.45) is 0 Å². The fraction of sp³-hybridized carbons (Fsp3) is 0.462. The predicted molar refractivity (Wildman–Crippen MR) is 73.0 cm³/mol. The van der Waals surface area contributed by atoms with Crippen molar-refractivity contribution in [3.8, 4) is 5.75 Å². The third-order valence-electron chi connectivity index (χ3n) is 2.60. The van der Waals surface area contributed by atoms with Gasteiger partial charge in [-0.15, -0.1) is 0 Å². The van der Waals surface area contributed by atoms with Gasteiger partial charge in [0.2, 0.25) is 5.91 Å². The Hall–Kier alpha value is -1.16. The molecule has 0 fully saturated rings. The smallest absolute Gasteiger partial charge is 0.229 e. The highest BCUT2D eigenvalue weighted by Gasteiger charge is 2.05. The van der Waals surface area contributed by atoms with E-state index in [0.29, 0.717) is 6.54 Å². The summed E-state index contributed by atoms with van der Waals surface area (Å²) in [5.74, 6) is 1.14. The van der Waals surface area contributed by atoms with Gasteiger partial charge in [0.15, 0.2) is 0 Å². The van der Waals surface area contributed by atoms with Gasteiger partial charge in [-0.1, -0.05) is 12.1 Å². The molecule has 0 bridgehead atoms. The van der Waals surface area contributed by atoms with Crippen LogP contribution in [0.5, 0.6) is 5.75 Å². The number of rotatable bonds is 5. The van der Waals surface area contributed by atoms with Gasteiger partial charge in [0.05, 0.1) is 12.9 Å². The molecule has 0 aliphatic heterocycles. The largest absolute Gasteiger partial charge is 0.496 e. The Balaban J connectivity index is 2.64. The molecule has 1 N–H and O–H groups in total. The number of methoxy groups -OCH3 is 1. The zero-order chi connectivity index (χ0) is 12.8. The minimum atomic E-state index is -0.0321. The summed E-state index contributed by atoms with van der Waals surface area (Å²) in [6.07, 6.45) is 0.825. The minimum absolute atomic E-state index is 0.0321. The lowest BCUT2D eigenvalue weighted by atomic mass is 10.0. The maximum atomic E-state index is 11.0. The molecule has 1 aromatic carbocycles. The van der Waals surface area contributed by atoms with Crippen molar-refractivity contribution in [2.45, 2.75) is 20.3 Å². The average molecular weight is 253 g/mol. The number of aryl methyl sites for hydroxylation is 2. The van der Waals surface area contributed by atoms with Gasteiger partial charge in [-0.25, -0.2) is 0 Å². The van der Waals surface area contributed by atoms with Gasteiger partial charge >= 0.3 is 0 Å². The van der Waals surface area contributed by atoms with E-state index in [-0.39, 0.29) is 11.7 Å². The minimum Gasteiger partial charge on any atom is -0.496 e. The Labute approximate surface area is 108 Å². The van der Waals surface area contributed by atoms with Crippen LogP contribution in [-0.4, -0.2) is 25.3 Å². The van der Waals surface area contributed by atoms with Crippen molar-refractivity contribution in [3.63, 3.8) is 0 Å². The van der Waals surface area contributed by atoms with Gasteiger partial charge in [-0.05, 0) is 37.0 Å². The van der Waals surface area contributed by atoms with Crippen LogP contribution in [0, 0.1) is 13.8 Å². The first-order valence-electron chi connectivity index (χ1n) is 5.60. The lowest BCUT2D eigenvalue weighted by molar-refractivity contribution is -0.118. The van der Waals surface area contributed by atoms with Crippen LogP contribution in [0.1, 0.15) is 16.7 Å². The molecular weight excluding hydrogens is 234 g/mol. The van der Waals surface area contributed by atoms with E-state index in [1.807, 2.05) is 13.8 Å². The zero-order valence-electron chi connectivity index (χ0n) is 10.5. The topological polar surface area (TPSA) is 38.3 Å². The van der Waals surface area contributed by atoms with Crippen LogP contribution in [0.25, 0.3) is 0 Å². The maximum Gasteiger partial charge on any atom is 0.229 e. The molecule has 0 aliphatic rings. The van der Waals surface area contributed by atoms with Crippen LogP contribution >= 0.6 is 12.6 Å². The molecule has 0 radical (unpaired) electrons. The second-order valence-electron chi connectivity index (χ2n) is 4.02. The summed E-state index contributed by atoms with van der Waals surface area (Å²) in [4.78, 5) is 11.0. The molecular formula is C13H19NO2S. The van der Waals surface area contributed by atoms with Crippen molar-refractivity contribution in [3.05, 3.63) is 28.8 Å². The number of hydrogen-bond acceptors (Lipinski definition) is 3. The molecule has 1 amide bonds. The summed E-state index contributed by atoms with van der Waals surface area (Å²) in [6.45, 7) is 4.70. The van der Waals surface area contributed by atoms with Crippen LogP contribution in [0.4, 0.5) is 0 Å². The van der Waals surface area contributed by atoms with E-state index in [0.717, 1.165) is 23.3 Å². The second-order valence-corrected chi connectivity index (χ2v) is 4.34. The van der Waals surface area contributed by atoms with Crippen LogP contribution in [0.3, 0.4) is 0 Å². The molecule has 0 atom stereocenters. The normalized spacial score (nSPS) is 10.1. The molecule has 0 spiro atoms. The Kier molecular flexibility index (Phi) is 5.35. The van der Waals surface area contributed by atoms with E-state index in [4.69, 9.17) is 4.74 Å². The first-order chi connectivity index (χ1) is 8.08. The van der Waals surface area contributed by atoms with E-state index in [2.05, 4.69) is 30.1 Å². The molecule has 0 heterocycles. The molecule has 0 saturated carbocycles. The molecule has 94 valence electrons. The molecule has 1 aromatic rings. The number of carbonyl (C=O) groups is 1. The summed E-state index contributed by atoms with van der Waals surface area (Å²) in [5, 5.41) is 2.80. The molecule has 0 aromatic heterocycles. The molecule has 0 aliphatic carbocycles. The van der Waals surface area contributed by atoms with Gasteiger partial charge in [0.25, 0.3) is 0 Å². The highest BCUT2D eigenvalue weighted by atomic mass is 32.1. The first kappa shape index (κ1) is 13.9. The van der Waals surface area contributed by atoms with Crippen molar-refractivity contribution in [2.75, 3.05) is 19.4 Å². The fourth-order valence-corrected chi connectivity index (χ4v) is 2.02. The van der Waals surface area contributed by atoms with Crippen LogP contribution in [0.2, 0.25) is 0 Å². The third kappa shape index (κ3) is 3.97. The number of amides is 1. The Bertz CT molecular complexity index is 381. The lowest BCUT2D eigenvalue weighted by Gasteiger charge is -2.11. The number of hydrogen-bond donors (Lipinski definition) is 2. The first-order valence-corrected chi connectivity index (χ1v) is 6.23. The predicted octanol–water partition coefficient (Wildman–Crippen LogP) is 1.90. The highest BCUT2D eigenvalue weighted by Crippen LogP contribution is 2.24. The Morgan fingerprint density at radius 1 is 1.35 bits per heavy atom. The maximum absolute atomic E-state index is 11.0. The highest BCUT2D eigenvalue weighted by molar-refractivity contribution is 7.81. The van der Waals surface area contributed by atoms with Crippen molar-refractivity contribution in [1.29, 1.82) is 0 Å².